The molecule has 1 fully saturated rings. The lowest BCUT2D eigenvalue weighted by Gasteiger charge is -2.27. The van der Waals surface area contributed by atoms with E-state index in [1.54, 1.807) is 4.90 Å². The van der Waals surface area contributed by atoms with E-state index >= 15 is 0 Å². The van der Waals surface area contributed by atoms with Crippen molar-refractivity contribution in [2.24, 2.45) is 0 Å². The summed E-state index contributed by atoms with van der Waals surface area (Å²) in [6.07, 6.45) is -7.00. The highest BCUT2D eigenvalue weighted by Crippen LogP contribution is 2.38. The summed E-state index contributed by atoms with van der Waals surface area (Å²) in [6.45, 7) is 1.29. The SMILES string of the molecule is Nc1ncc(-c2cc(Nc3ccncc3C(F)(F)F)nc(N3CCOCC3)n2)c(C(F)(F)F)n1. The van der Waals surface area contributed by atoms with Crippen LogP contribution in [0.4, 0.5) is 49.7 Å². The molecule has 15 heteroatoms. The first-order valence-electron chi connectivity index (χ1n) is 9.72. The molecule has 0 unspecified atom stereocenters. The summed E-state index contributed by atoms with van der Waals surface area (Å²) in [5.74, 6) is -0.771. The van der Waals surface area contributed by atoms with Gasteiger partial charge in [0.15, 0.2) is 5.69 Å². The van der Waals surface area contributed by atoms with Gasteiger partial charge >= 0.3 is 12.4 Å². The Morgan fingerprint density at radius 1 is 0.971 bits per heavy atom. The van der Waals surface area contributed by atoms with E-state index < -0.39 is 35.1 Å². The van der Waals surface area contributed by atoms with Gasteiger partial charge in [-0.3, -0.25) is 4.98 Å². The molecule has 3 aromatic heterocycles. The molecule has 0 bridgehead atoms. The zero-order valence-electron chi connectivity index (χ0n) is 17.2. The Labute approximate surface area is 188 Å². The van der Waals surface area contributed by atoms with E-state index in [9.17, 15) is 26.3 Å². The molecule has 0 atom stereocenters. The molecule has 3 N–H and O–H groups in total. The fraction of sp³-hybridized carbons (Fsp3) is 0.316. The third-order valence-electron chi connectivity index (χ3n) is 4.75. The fourth-order valence-electron chi connectivity index (χ4n) is 3.21. The molecular weight excluding hydrogens is 470 g/mol. The van der Waals surface area contributed by atoms with Gasteiger partial charge in [0.25, 0.3) is 0 Å². The monoisotopic (exact) mass is 486 g/mol. The topological polar surface area (TPSA) is 115 Å². The number of halogens is 6. The van der Waals surface area contributed by atoms with Crippen LogP contribution in [0.5, 0.6) is 0 Å². The van der Waals surface area contributed by atoms with Gasteiger partial charge in [0.2, 0.25) is 11.9 Å². The van der Waals surface area contributed by atoms with Gasteiger partial charge in [0.05, 0.1) is 30.2 Å². The van der Waals surface area contributed by atoms with Crippen molar-refractivity contribution in [1.82, 2.24) is 24.9 Å². The molecule has 180 valence electrons. The van der Waals surface area contributed by atoms with Crippen molar-refractivity contribution in [3.05, 3.63) is 42.0 Å². The lowest BCUT2D eigenvalue weighted by atomic mass is 10.1. The molecule has 9 nitrogen and oxygen atoms in total. The standard InChI is InChI=1S/C19H16F6N8O/c20-18(21,22)11-9-27-2-1-12(11)29-14-7-13(30-17(31-14)33-3-5-34-6-4-33)10-8-28-16(26)32-15(10)19(23,24)25/h1-2,7-9H,3-6H2,(H2,26,28,32)(H,27,29,30,31). The second-order valence-corrected chi connectivity index (χ2v) is 7.07. The van der Waals surface area contributed by atoms with E-state index in [0.29, 0.717) is 32.5 Å². The number of alkyl halides is 6. The highest BCUT2D eigenvalue weighted by atomic mass is 19.4. The molecule has 0 amide bonds. The minimum atomic E-state index is -4.89. The van der Waals surface area contributed by atoms with Crippen molar-refractivity contribution < 1.29 is 31.1 Å². The fourth-order valence-corrected chi connectivity index (χ4v) is 3.21. The Morgan fingerprint density at radius 3 is 2.38 bits per heavy atom. The zero-order valence-corrected chi connectivity index (χ0v) is 17.2. The summed E-state index contributed by atoms with van der Waals surface area (Å²) in [7, 11) is 0. The van der Waals surface area contributed by atoms with E-state index in [4.69, 9.17) is 10.5 Å². The average molecular weight is 486 g/mol. The molecule has 0 radical (unpaired) electrons. The molecule has 4 heterocycles. The smallest absolute Gasteiger partial charge is 0.378 e. The third-order valence-corrected chi connectivity index (χ3v) is 4.75. The number of nitrogens with zero attached hydrogens (tertiary/aromatic N) is 6. The number of ether oxygens (including phenoxy) is 1. The van der Waals surface area contributed by atoms with Gasteiger partial charge in [0, 0.05) is 43.3 Å². The average Bonchev–Trinajstić information content (AvgIpc) is 2.78. The van der Waals surface area contributed by atoms with Gasteiger partial charge in [0.1, 0.15) is 5.82 Å². The quantitative estimate of drug-likeness (QED) is 0.535. The van der Waals surface area contributed by atoms with E-state index in [1.807, 2.05) is 0 Å². The summed E-state index contributed by atoms with van der Waals surface area (Å²) >= 11 is 0. The van der Waals surface area contributed by atoms with Crippen molar-refractivity contribution in [3.63, 3.8) is 0 Å². The van der Waals surface area contributed by atoms with E-state index in [-0.39, 0.29) is 23.1 Å². The van der Waals surface area contributed by atoms with E-state index in [0.717, 1.165) is 24.5 Å². The van der Waals surface area contributed by atoms with Crippen LogP contribution in [0, 0.1) is 0 Å². The maximum atomic E-state index is 13.6. The highest BCUT2D eigenvalue weighted by molar-refractivity contribution is 5.70. The van der Waals surface area contributed by atoms with Crippen LogP contribution in [0.3, 0.4) is 0 Å². The van der Waals surface area contributed by atoms with Crippen LogP contribution in [0.25, 0.3) is 11.3 Å². The number of anilines is 4. The van der Waals surface area contributed by atoms with Crippen LogP contribution in [-0.4, -0.2) is 51.2 Å². The molecular formula is C19H16F6N8O. The minimum Gasteiger partial charge on any atom is -0.378 e. The van der Waals surface area contributed by atoms with Gasteiger partial charge in [-0.25, -0.2) is 15.0 Å². The number of rotatable bonds is 4. The lowest BCUT2D eigenvalue weighted by Crippen LogP contribution is -2.37. The van der Waals surface area contributed by atoms with Crippen molar-refractivity contribution in [3.8, 4) is 11.3 Å². The molecule has 0 saturated carbocycles. The Balaban J connectivity index is 1.85. The second-order valence-electron chi connectivity index (χ2n) is 7.07. The summed E-state index contributed by atoms with van der Waals surface area (Å²) in [5.41, 5.74) is 1.78. The van der Waals surface area contributed by atoms with Gasteiger partial charge < -0.3 is 20.7 Å². The maximum absolute atomic E-state index is 13.6. The molecule has 3 aromatic rings. The number of nitrogen functional groups attached to an aromatic ring is 1. The van der Waals surface area contributed by atoms with Gasteiger partial charge in [-0.1, -0.05) is 0 Å². The summed E-state index contributed by atoms with van der Waals surface area (Å²) in [5, 5.41) is 2.52. The normalized spacial score (nSPS) is 14.8. The molecule has 0 spiro atoms. The number of pyridine rings is 1. The molecule has 0 aliphatic carbocycles. The van der Waals surface area contributed by atoms with Gasteiger partial charge in [-0.2, -0.15) is 31.3 Å². The summed E-state index contributed by atoms with van der Waals surface area (Å²) in [6, 6.07) is 2.15. The minimum absolute atomic E-state index is 0.00383. The van der Waals surface area contributed by atoms with Crippen molar-refractivity contribution in [2.75, 3.05) is 42.3 Å². The van der Waals surface area contributed by atoms with E-state index in [1.165, 1.54) is 0 Å². The van der Waals surface area contributed by atoms with Crippen LogP contribution in [-0.2, 0) is 17.1 Å². The predicted molar refractivity (Wildman–Crippen MR) is 108 cm³/mol. The summed E-state index contributed by atoms with van der Waals surface area (Å²) in [4.78, 5) is 20.5. The van der Waals surface area contributed by atoms with Crippen LogP contribution >= 0.6 is 0 Å². The molecule has 34 heavy (non-hydrogen) atoms. The largest absolute Gasteiger partial charge is 0.434 e. The lowest BCUT2D eigenvalue weighted by molar-refractivity contribution is -0.140. The number of hydrogen-bond donors (Lipinski definition) is 2. The number of morpholine rings is 1. The first-order valence-corrected chi connectivity index (χ1v) is 9.72. The number of aromatic nitrogens is 5. The second kappa shape index (κ2) is 8.89. The van der Waals surface area contributed by atoms with Crippen LogP contribution < -0.4 is 16.0 Å². The maximum Gasteiger partial charge on any atom is 0.434 e. The number of hydrogen-bond acceptors (Lipinski definition) is 9. The number of nitrogens with two attached hydrogens (primary N) is 1. The Hall–Kier alpha value is -3.75. The van der Waals surface area contributed by atoms with Crippen LogP contribution in [0.1, 0.15) is 11.3 Å². The number of nitrogens with one attached hydrogen (secondary N) is 1. The predicted octanol–water partition coefficient (Wildman–Crippen LogP) is 3.53. The van der Waals surface area contributed by atoms with Crippen LogP contribution in [0.15, 0.2) is 30.7 Å². The zero-order chi connectivity index (χ0) is 24.5. The van der Waals surface area contributed by atoms with Gasteiger partial charge in [-0.15, -0.1) is 0 Å². The van der Waals surface area contributed by atoms with Crippen molar-refractivity contribution in [2.45, 2.75) is 12.4 Å². The third kappa shape index (κ3) is 5.08. The molecule has 1 aliphatic heterocycles. The Kier molecular flexibility index (Phi) is 6.12. The highest BCUT2D eigenvalue weighted by Gasteiger charge is 2.37. The molecule has 1 saturated heterocycles. The van der Waals surface area contributed by atoms with Gasteiger partial charge in [-0.05, 0) is 6.07 Å². The first kappa shape index (κ1) is 23.4. The molecule has 4 rings (SSSR count). The molecule has 0 aromatic carbocycles. The van der Waals surface area contributed by atoms with Crippen molar-refractivity contribution in [1.29, 1.82) is 0 Å². The summed E-state index contributed by atoms with van der Waals surface area (Å²) < 4.78 is 86.4. The Morgan fingerprint density at radius 2 is 1.71 bits per heavy atom. The van der Waals surface area contributed by atoms with E-state index in [2.05, 4.69) is 30.2 Å². The van der Waals surface area contributed by atoms with Crippen LogP contribution in [0.2, 0.25) is 0 Å². The Bertz CT molecular complexity index is 1180. The molecule has 1 aliphatic rings. The van der Waals surface area contributed by atoms with Crippen molar-refractivity contribution >= 4 is 23.4 Å². The first-order chi connectivity index (χ1) is 16.0.